The van der Waals surface area contributed by atoms with E-state index in [4.69, 9.17) is 9.47 Å². The smallest absolute Gasteiger partial charge is 0.229 e. The number of carbonyl (C=O) groups excluding carboxylic acids is 1. The third-order valence-corrected chi connectivity index (χ3v) is 5.22. The Bertz CT molecular complexity index is 700. The molecule has 2 aromatic rings. The predicted octanol–water partition coefficient (Wildman–Crippen LogP) is 3.97. The monoisotopic (exact) mass is 353 g/mol. The number of rotatable bonds is 6. The fraction of sp³-hybridized carbons (Fsp3) is 0.409. The molecule has 0 spiro atoms. The summed E-state index contributed by atoms with van der Waals surface area (Å²) in [5, 5.41) is 3.18. The van der Waals surface area contributed by atoms with Crippen molar-refractivity contribution in [1.82, 2.24) is 5.32 Å². The molecule has 1 heterocycles. The Morgan fingerprint density at radius 2 is 1.69 bits per heavy atom. The minimum absolute atomic E-state index is 0.0519. The SMILES string of the molecule is COCC1(C(=O)N[C@@H](C)c2ccc(-c3ccccc3)cc2)CCOCC1. The highest BCUT2D eigenvalue weighted by Crippen LogP contribution is 2.32. The van der Waals surface area contributed by atoms with Crippen LogP contribution in [0.5, 0.6) is 0 Å². The van der Waals surface area contributed by atoms with Crippen molar-refractivity contribution in [2.45, 2.75) is 25.8 Å². The summed E-state index contributed by atoms with van der Waals surface area (Å²) in [6, 6.07) is 18.6. The summed E-state index contributed by atoms with van der Waals surface area (Å²) in [6.07, 6.45) is 1.40. The number of carbonyl (C=O) groups is 1. The van der Waals surface area contributed by atoms with Crippen LogP contribution in [0.4, 0.5) is 0 Å². The molecule has 1 N–H and O–H groups in total. The fourth-order valence-electron chi connectivity index (χ4n) is 3.50. The summed E-state index contributed by atoms with van der Waals surface area (Å²) in [6.45, 7) is 3.67. The van der Waals surface area contributed by atoms with Crippen molar-refractivity contribution in [2.24, 2.45) is 5.41 Å². The van der Waals surface area contributed by atoms with Gasteiger partial charge >= 0.3 is 0 Å². The van der Waals surface area contributed by atoms with E-state index in [9.17, 15) is 4.79 Å². The van der Waals surface area contributed by atoms with Crippen molar-refractivity contribution in [3.63, 3.8) is 0 Å². The minimum Gasteiger partial charge on any atom is -0.384 e. The Morgan fingerprint density at radius 3 is 2.31 bits per heavy atom. The van der Waals surface area contributed by atoms with Crippen molar-refractivity contribution in [3.8, 4) is 11.1 Å². The topological polar surface area (TPSA) is 47.6 Å². The van der Waals surface area contributed by atoms with E-state index in [2.05, 4.69) is 41.7 Å². The number of hydrogen-bond donors (Lipinski definition) is 1. The molecule has 1 fully saturated rings. The fourth-order valence-corrected chi connectivity index (χ4v) is 3.50. The van der Waals surface area contributed by atoms with Gasteiger partial charge in [-0.05, 0) is 36.5 Å². The molecule has 1 aliphatic heterocycles. The zero-order valence-corrected chi connectivity index (χ0v) is 15.5. The second kappa shape index (κ2) is 8.47. The van der Waals surface area contributed by atoms with Crippen LogP contribution in [-0.2, 0) is 14.3 Å². The Hall–Kier alpha value is -2.17. The van der Waals surface area contributed by atoms with Gasteiger partial charge in [-0.1, -0.05) is 54.6 Å². The second-order valence-corrected chi connectivity index (χ2v) is 7.01. The maximum absolute atomic E-state index is 12.9. The van der Waals surface area contributed by atoms with Gasteiger partial charge in [-0.15, -0.1) is 0 Å². The first kappa shape index (κ1) is 18.6. The highest BCUT2D eigenvalue weighted by Gasteiger charge is 2.40. The van der Waals surface area contributed by atoms with Crippen molar-refractivity contribution in [2.75, 3.05) is 26.9 Å². The molecular weight excluding hydrogens is 326 g/mol. The van der Waals surface area contributed by atoms with Gasteiger partial charge in [0, 0.05) is 20.3 Å². The van der Waals surface area contributed by atoms with Crippen LogP contribution in [0.3, 0.4) is 0 Å². The van der Waals surface area contributed by atoms with E-state index in [1.165, 1.54) is 11.1 Å². The van der Waals surface area contributed by atoms with E-state index in [0.29, 0.717) is 32.7 Å². The maximum atomic E-state index is 12.9. The molecule has 1 amide bonds. The van der Waals surface area contributed by atoms with Gasteiger partial charge in [-0.2, -0.15) is 0 Å². The lowest BCUT2D eigenvalue weighted by molar-refractivity contribution is -0.142. The molecule has 0 unspecified atom stereocenters. The first-order chi connectivity index (χ1) is 12.6. The van der Waals surface area contributed by atoms with Gasteiger partial charge in [0.1, 0.15) is 0 Å². The summed E-state index contributed by atoms with van der Waals surface area (Å²) in [5.74, 6) is 0.0577. The Labute approximate surface area is 155 Å². The summed E-state index contributed by atoms with van der Waals surface area (Å²) in [7, 11) is 1.65. The molecule has 1 aliphatic rings. The van der Waals surface area contributed by atoms with Gasteiger partial charge in [0.2, 0.25) is 5.91 Å². The van der Waals surface area contributed by atoms with Crippen LogP contribution in [0.2, 0.25) is 0 Å². The maximum Gasteiger partial charge on any atom is 0.229 e. The van der Waals surface area contributed by atoms with Gasteiger partial charge in [0.05, 0.1) is 18.1 Å². The molecule has 1 saturated heterocycles. The Kier molecular flexibility index (Phi) is 6.07. The average molecular weight is 353 g/mol. The second-order valence-electron chi connectivity index (χ2n) is 7.01. The van der Waals surface area contributed by atoms with Crippen molar-refractivity contribution >= 4 is 5.91 Å². The molecule has 3 rings (SSSR count). The predicted molar refractivity (Wildman–Crippen MR) is 103 cm³/mol. The third kappa shape index (κ3) is 4.14. The molecule has 0 radical (unpaired) electrons. The van der Waals surface area contributed by atoms with Crippen LogP contribution >= 0.6 is 0 Å². The van der Waals surface area contributed by atoms with E-state index in [-0.39, 0.29) is 11.9 Å². The molecule has 138 valence electrons. The van der Waals surface area contributed by atoms with Crippen molar-refractivity contribution in [1.29, 1.82) is 0 Å². The summed E-state index contributed by atoms with van der Waals surface area (Å²) < 4.78 is 10.8. The normalized spacial score (nSPS) is 17.5. The van der Waals surface area contributed by atoms with E-state index >= 15 is 0 Å². The van der Waals surface area contributed by atoms with Gasteiger partial charge in [0.25, 0.3) is 0 Å². The summed E-state index contributed by atoms with van der Waals surface area (Å²) in [4.78, 5) is 12.9. The third-order valence-electron chi connectivity index (χ3n) is 5.22. The number of ether oxygens (including phenoxy) is 2. The molecule has 0 aliphatic carbocycles. The van der Waals surface area contributed by atoms with Gasteiger partial charge in [0.15, 0.2) is 0 Å². The molecule has 26 heavy (non-hydrogen) atoms. The van der Waals surface area contributed by atoms with Crippen LogP contribution in [0.25, 0.3) is 11.1 Å². The average Bonchev–Trinajstić information content (AvgIpc) is 2.69. The highest BCUT2D eigenvalue weighted by atomic mass is 16.5. The molecule has 0 saturated carbocycles. The lowest BCUT2D eigenvalue weighted by Crippen LogP contribution is -2.48. The first-order valence-corrected chi connectivity index (χ1v) is 9.18. The zero-order valence-electron chi connectivity index (χ0n) is 15.5. The first-order valence-electron chi connectivity index (χ1n) is 9.18. The van der Waals surface area contributed by atoms with E-state index in [1.54, 1.807) is 7.11 Å². The van der Waals surface area contributed by atoms with Crippen LogP contribution in [0, 0.1) is 5.41 Å². The molecule has 0 aromatic heterocycles. The molecule has 2 aromatic carbocycles. The number of hydrogen-bond acceptors (Lipinski definition) is 3. The van der Waals surface area contributed by atoms with E-state index in [1.807, 2.05) is 25.1 Å². The quantitative estimate of drug-likeness (QED) is 0.855. The summed E-state index contributed by atoms with van der Waals surface area (Å²) >= 11 is 0. The lowest BCUT2D eigenvalue weighted by Gasteiger charge is -2.36. The van der Waals surface area contributed by atoms with Crippen LogP contribution in [-0.4, -0.2) is 32.8 Å². The Morgan fingerprint density at radius 1 is 1.08 bits per heavy atom. The largest absolute Gasteiger partial charge is 0.384 e. The molecular formula is C22H27NO3. The van der Waals surface area contributed by atoms with Crippen LogP contribution in [0.15, 0.2) is 54.6 Å². The number of methoxy groups -OCH3 is 1. The van der Waals surface area contributed by atoms with E-state index < -0.39 is 5.41 Å². The number of amides is 1. The highest BCUT2D eigenvalue weighted by molar-refractivity contribution is 5.83. The molecule has 4 nitrogen and oxygen atoms in total. The molecule has 1 atom stereocenters. The standard InChI is InChI=1S/C22H27NO3/c1-17(23-21(24)22(16-25-2)12-14-26-15-13-22)18-8-10-20(11-9-18)19-6-4-3-5-7-19/h3-11,17H,12-16H2,1-2H3,(H,23,24)/t17-/m0/s1. The van der Waals surface area contributed by atoms with Gasteiger partial charge in [-0.25, -0.2) is 0 Å². The lowest BCUT2D eigenvalue weighted by atomic mass is 9.79. The summed E-state index contributed by atoms with van der Waals surface area (Å²) in [5.41, 5.74) is 2.98. The van der Waals surface area contributed by atoms with Crippen molar-refractivity contribution in [3.05, 3.63) is 60.2 Å². The van der Waals surface area contributed by atoms with Gasteiger partial charge in [-0.3, -0.25) is 4.79 Å². The minimum atomic E-state index is -0.481. The number of benzene rings is 2. The Balaban J connectivity index is 1.69. The van der Waals surface area contributed by atoms with Crippen LogP contribution in [0.1, 0.15) is 31.4 Å². The molecule has 4 heteroatoms. The number of nitrogens with one attached hydrogen (secondary N) is 1. The zero-order chi connectivity index (χ0) is 18.4. The van der Waals surface area contributed by atoms with E-state index in [0.717, 1.165) is 5.56 Å². The molecule has 0 bridgehead atoms. The van der Waals surface area contributed by atoms with Crippen LogP contribution < -0.4 is 5.32 Å². The van der Waals surface area contributed by atoms with Gasteiger partial charge < -0.3 is 14.8 Å². The van der Waals surface area contributed by atoms with Crippen molar-refractivity contribution < 1.29 is 14.3 Å².